The van der Waals surface area contributed by atoms with Crippen molar-refractivity contribution in [3.8, 4) is 0 Å². The standard InChI is InChI=1S/C34H49N5O7S/c1-21(2)28(39(6)30(41)19-35-32(43)27-14-10-11-15-38(27)5)18-29(46-23(4)40)33-37-26(20-47-33)31(42)36-25(16-22(3)34(44)45)17-24-12-8-7-9-13-24/h7-9,12-13,20-22,25,27-29H,10-11,14-19H2,1-6H3,(H,35,43)(H,36,42)(H,44,45)/t22-,25+,27+,28+,29+/m0/s1. The summed E-state index contributed by atoms with van der Waals surface area (Å²) < 4.78 is 5.67. The monoisotopic (exact) mass is 671 g/mol. The number of ether oxygens (including phenoxy) is 1. The fraction of sp³-hybridized carbons (Fsp3) is 0.588. The van der Waals surface area contributed by atoms with Gasteiger partial charge in [0.15, 0.2) is 6.10 Å². The predicted molar refractivity (Wildman–Crippen MR) is 179 cm³/mol. The minimum Gasteiger partial charge on any atom is -0.481 e. The van der Waals surface area contributed by atoms with Crippen molar-refractivity contribution in [3.05, 3.63) is 52.0 Å². The fourth-order valence-electron chi connectivity index (χ4n) is 5.91. The predicted octanol–water partition coefficient (Wildman–Crippen LogP) is 3.67. The van der Waals surface area contributed by atoms with Crippen LogP contribution in [0.2, 0.25) is 0 Å². The Labute approximate surface area is 281 Å². The van der Waals surface area contributed by atoms with Crippen LogP contribution in [0.3, 0.4) is 0 Å². The van der Waals surface area contributed by atoms with E-state index < -0.39 is 35.9 Å². The molecule has 3 amide bonds. The number of aromatic nitrogens is 1. The van der Waals surface area contributed by atoms with Gasteiger partial charge in [0.2, 0.25) is 11.8 Å². The number of aliphatic carboxylic acids is 1. The number of carboxylic acid groups (broad SMARTS) is 1. The topological polar surface area (TPSA) is 158 Å². The molecule has 47 heavy (non-hydrogen) atoms. The van der Waals surface area contributed by atoms with Gasteiger partial charge in [-0.3, -0.25) is 28.9 Å². The van der Waals surface area contributed by atoms with Gasteiger partial charge in [0.25, 0.3) is 5.91 Å². The lowest BCUT2D eigenvalue weighted by atomic mass is 9.96. The van der Waals surface area contributed by atoms with Gasteiger partial charge in [0.1, 0.15) is 10.7 Å². The number of esters is 1. The molecule has 5 atom stereocenters. The van der Waals surface area contributed by atoms with Crippen LogP contribution >= 0.6 is 11.3 Å². The second-order valence-electron chi connectivity index (χ2n) is 12.8. The van der Waals surface area contributed by atoms with Crippen LogP contribution in [-0.4, -0.2) is 94.9 Å². The number of benzene rings is 1. The summed E-state index contributed by atoms with van der Waals surface area (Å²) in [7, 11) is 3.58. The summed E-state index contributed by atoms with van der Waals surface area (Å²) in [6.07, 6.45) is 2.88. The van der Waals surface area contributed by atoms with Gasteiger partial charge in [0.05, 0.1) is 18.5 Å². The molecular weight excluding hydrogens is 622 g/mol. The van der Waals surface area contributed by atoms with Crippen molar-refractivity contribution in [2.45, 2.75) is 90.4 Å². The highest BCUT2D eigenvalue weighted by atomic mass is 32.1. The Morgan fingerprint density at radius 1 is 1.11 bits per heavy atom. The maximum absolute atomic E-state index is 13.3. The lowest BCUT2D eigenvalue weighted by Gasteiger charge is -2.34. The van der Waals surface area contributed by atoms with Crippen molar-refractivity contribution in [1.82, 2.24) is 25.4 Å². The summed E-state index contributed by atoms with van der Waals surface area (Å²) >= 11 is 1.17. The van der Waals surface area contributed by atoms with Crippen molar-refractivity contribution >= 4 is 41.0 Å². The third-order valence-corrected chi connectivity index (χ3v) is 9.60. The minimum absolute atomic E-state index is 0.0279. The van der Waals surface area contributed by atoms with E-state index in [1.807, 2.05) is 56.1 Å². The molecule has 1 saturated heterocycles. The molecule has 0 unspecified atom stereocenters. The van der Waals surface area contributed by atoms with Crippen LogP contribution in [0.1, 0.15) is 87.0 Å². The van der Waals surface area contributed by atoms with Crippen molar-refractivity contribution in [2.24, 2.45) is 11.8 Å². The molecule has 1 aliphatic heterocycles. The Morgan fingerprint density at radius 3 is 2.43 bits per heavy atom. The Balaban J connectivity index is 1.71. The molecule has 12 nitrogen and oxygen atoms in total. The Hall–Kier alpha value is -3.84. The number of rotatable bonds is 16. The SMILES string of the molecule is CC(=O)O[C@H](C[C@H](C(C)C)N(C)C(=O)CNC(=O)[C@H]1CCCCN1C)c1nc(C(=O)N[C@@H](Cc2ccccc2)C[C@H](C)C(=O)O)cs1. The Morgan fingerprint density at radius 2 is 1.81 bits per heavy atom. The maximum Gasteiger partial charge on any atom is 0.306 e. The van der Waals surface area contributed by atoms with Gasteiger partial charge in [-0.1, -0.05) is 57.5 Å². The van der Waals surface area contributed by atoms with Crippen molar-refractivity contribution < 1.29 is 33.8 Å². The highest BCUT2D eigenvalue weighted by Gasteiger charge is 2.32. The summed E-state index contributed by atoms with van der Waals surface area (Å²) in [6.45, 7) is 7.52. The smallest absolute Gasteiger partial charge is 0.306 e. The van der Waals surface area contributed by atoms with Gasteiger partial charge in [-0.2, -0.15) is 0 Å². The van der Waals surface area contributed by atoms with Crippen LogP contribution in [-0.2, 0) is 30.3 Å². The summed E-state index contributed by atoms with van der Waals surface area (Å²) in [5.74, 6) is -3.05. The number of likely N-dealkylation sites (tertiary alicyclic amines) is 1. The molecule has 258 valence electrons. The van der Waals surface area contributed by atoms with Gasteiger partial charge in [-0.15, -0.1) is 11.3 Å². The first-order valence-corrected chi connectivity index (χ1v) is 17.1. The molecule has 13 heteroatoms. The van der Waals surface area contributed by atoms with Gasteiger partial charge in [-0.25, -0.2) is 4.98 Å². The molecule has 3 N–H and O–H groups in total. The molecule has 1 aliphatic rings. The number of likely N-dealkylation sites (N-methyl/N-ethyl adjacent to an activating group) is 2. The van der Waals surface area contributed by atoms with E-state index in [1.165, 1.54) is 18.3 Å². The molecule has 3 rings (SSSR count). The highest BCUT2D eigenvalue weighted by Crippen LogP contribution is 2.30. The first-order valence-electron chi connectivity index (χ1n) is 16.2. The van der Waals surface area contributed by atoms with E-state index in [9.17, 15) is 29.1 Å². The summed E-state index contributed by atoms with van der Waals surface area (Å²) in [5.41, 5.74) is 1.09. The van der Waals surface area contributed by atoms with Crippen LogP contribution in [0.15, 0.2) is 35.7 Å². The number of carboxylic acids is 1. The quantitative estimate of drug-likeness (QED) is 0.227. The zero-order valence-electron chi connectivity index (χ0n) is 28.2. The number of hydrogen-bond acceptors (Lipinski definition) is 9. The number of thiazole rings is 1. The summed E-state index contributed by atoms with van der Waals surface area (Å²) in [5, 5.41) is 17.2. The molecular formula is C34H49N5O7S. The zero-order chi connectivity index (χ0) is 34.7. The van der Waals surface area contributed by atoms with E-state index in [2.05, 4.69) is 15.6 Å². The third kappa shape index (κ3) is 11.4. The fourth-order valence-corrected chi connectivity index (χ4v) is 6.75. The van der Waals surface area contributed by atoms with E-state index in [0.717, 1.165) is 31.4 Å². The van der Waals surface area contributed by atoms with Crippen molar-refractivity contribution in [3.63, 3.8) is 0 Å². The second kappa shape index (κ2) is 17.9. The molecule has 0 spiro atoms. The van der Waals surface area contributed by atoms with Crippen LogP contribution < -0.4 is 10.6 Å². The van der Waals surface area contributed by atoms with Crippen LogP contribution in [0.25, 0.3) is 0 Å². The van der Waals surface area contributed by atoms with Gasteiger partial charge in [-0.05, 0) is 50.8 Å². The molecule has 0 aliphatic carbocycles. The maximum atomic E-state index is 13.3. The first kappa shape index (κ1) is 37.6. The molecule has 0 saturated carbocycles. The highest BCUT2D eigenvalue weighted by molar-refractivity contribution is 7.09. The van der Waals surface area contributed by atoms with E-state index >= 15 is 0 Å². The van der Waals surface area contributed by atoms with Crippen LogP contribution in [0.5, 0.6) is 0 Å². The lowest BCUT2D eigenvalue weighted by Crippen LogP contribution is -2.51. The van der Waals surface area contributed by atoms with Crippen molar-refractivity contribution in [1.29, 1.82) is 0 Å². The van der Waals surface area contributed by atoms with Gasteiger partial charge >= 0.3 is 11.9 Å². The third-order valence-electron chi connectivity index (χ3n) is 8.66. The molecule has 1 fully saturated rings. The molecule has 2 heterocycles. The average molecular weight is 672 g/mol. The molecule has 1 aromatic carbocycles. The van der Waals surface area contributed by atoms with Crippen LogP contribution in [0.4, 0.5) is 0 Å². The number of carbonyl (C=O) groups is 5. The summed E-state index contributed by atoms with van der Waals surface area (Å²) in [4.78, 5) is 71.2. The summed E-state index contributed by atoms with van der Waals surface area (Å²) in [6, 6.07) is 8.44. The number of carbonyl (C=O) groups excluding carboxylic acids is 4. The second-order valence-corrected chi connectivity index (χ2v) is 13.7. The zero-order valence-corrected chi connectivity index (χ0v) is 29.0. The number of nitrogens with zero attached hydrogens (tertiary/aromatic N) is 3. The normalized spacial score (nSPS) is 17.6. The molecule has 0 radical (unpaired) electrons. The van der Waals surface area contributed by atoms with Gasteiger partial charge in [0, 0.05) is 37.9 Å². The van der Waals surface area contributed by atoms with E-state index in [1.54, 1.807) is 24.3 Å². The van der Waals surface area contributed by atoms with E-state index in [4.69, 9.17) is 4.74 Å². The van der Waals surface area contributed by atoms with Crippen molar-refractivity contribution in [2.75, 3.05) is 27.2 Å². The largest absolute Gasteiger partial charge is 0.481 e. The van der Waals surface area contributed by atoms with Gasteiger partial charge < -0.3 is 25.4 Å². The lowest BCUT2D eigenvalue weighted by molar-refractivity contribution is -0.148. The molecule has 2 aromatic rings. The number of piperidine rings is 1. The average Bonchev–Trinajstić information content (AvgIpc) is 3.52. The van der Waals surface area contributed by atoms with Crippen LogP contribution in [0, 0.1) is 11.8 Å². The number of amides is 3. The first-order chi connectivity index (χ1) is 22.3. The number of hydrogen-bond donors (Lipinski definition) is 3. The Bertz CT molecular complexity index is 1370. The minimum atomic E-state index is -0.945. The van der Waals surface area contributed by atoms with E-state index in [0.29, 0.717) is 11.4 Å². The molecule has 1 aromatic heterocycles. The molecule has 0 bridgehead atoms. The Kier molecular flexibility index (Phi) is 14.3. The van der Waals surface area contributed by atoms with E-state index in [-0.39, 0.29) is 54.9 Å². The number of nitrogens with one attached hydrogen (secondary N) is 2.